The third-order valence-electron chi connectivity index (χ3n) is 6.91. The fourth-order valence-electron chi connectivity index (χ4n) is 4.76. The van der Waals surface area contributed by atoms with E-state index in [-0.39, 0.29) is 11.9 Å². The number of carbonyl (C=O) groups is 1. The van der Waals surface area contributed by atoms with Crippen molar-refractivity contribution in [1.82, 2.24) is 15.5 Å². The predicted molar refractivity (Wildman–Crippen MR) is 128 cm³/mol. The first kappa shape index (κ1) is 22.3. The Morgan fingerprint density at radius 1 is 1.21 bits per heavy atom. The zero-order chi connectivity index (χ0) is 23.8. The monoisotopic (exact) mass is 455 g/mol. The molecule has 2 saturated carbocycles. The highest BCUT2D eigenvalue weighted by Gasteiger charge is 2.37. The number of nitrogens with one attached hydrogen (secondary N) is 1. The van der Waals surface area contributed by atoms with E-state index in [0.717, 1.165) is 49.7 Å². The highest BCUT2D eigenvalue weighted by Crippen LogP contribution is 2.42. The second kappa shape index (κ2) is 8.69. The predicted octanol–water partition coefficient (Wildman–Crippen LogP) is 4.38. The number of nitriles is 1. The molecule has 0 saturated heterocycles. The first-order valence-electron chi connectivity index (χ1n) is 11.9. The van der Waals surface area contributed by atoms with Crippen LogP contribution in [-0.4, -0.2) is 22.1 Å². The molecule has 174 valence electrons. The van der Waals surface area contributed by atoms with Gasteiger partial charge in [-0.15, -0.1) is 10.2 Å². The quantitative estimate of drug-likeness (QED) is 0.546. The van der Waals surface area contributed by atoms with Gasteiger partial charge in [-0.25, -0.2) is 0 Å². The van der Waals surface area contributed by atoms with Crippen LogP contribution in [0.4, 0.5) is 0 Å². The van der Waals surface area contributed by atoms with Crippen molar-refractivity contribution in [3.63, 3.8) is 0 Å². The van der Waals surface area contributed by atoms with E-state index in [1.165, 1.54) is 0 Å². The number of hydrogen-bond donors (Lipinski definition) is 2. The van der Waals surface area contributed by atoms with Crippen LogP contribution >= 0.6 is 0 Å². The summed E-state index contributed by atoms with van der Waals surface area (Å²) in [6, 6.07) is 18.2. The SMILES string of the molecule is C[C@@](N)(Cc1ccccc1)c1nnc(-c2cc(C(=O)NC3CC3)cc(C3(C#N)CCCC3)c2)o1. The van der Waals surface area contributed by atoms with Gasteiger partial charge in [0.15, 0.2) is 0 Å². The minimum Gasteiger partial charge on any atom is -0.419 e. The summed E-state index contributed by atoms with van der Waals surface area (Å²) in [7, 11) is 0. The van der Waals surface area contributed by atoms with Crippen molar-refractivity contribution in [3.8, 4) is 17.5 Å². The Hall–Kier alpha value is -3.50. The van der Waals surface area contributed by atoms with Crippen LogP contribution in [0.25, 0.3) is 11.5 Å². The molecule has 1 heterocycles. The molecule has 7 nitrogen and oxygen atoms in total. The third-order valence-corrected chi connectivity index (χ3v) is 6.91. The van der Waals surface area contributed by atoms with Crippen LogP contribution < -0.4 is 11.1 Å². The summed E-state index contributed by atoms with van der Waals surface area (Å²) < 4.78 is 6.06. The molecule has 2 fully saturated rings. The Labute approximate surface area is 199 Å². The van der Waals surface area contributed by atoms with Gasteiger partial charge in [-0.2, -0.15) is 5.26 Å². The van der Waals surface area contributed by atoms with Crippen molar-refractivity contribution in [2.75, 3.05) is 0 Å². The molecule has 0 bridgehead atoms. The summed E-state index contributed by atoms with van der Waals surface area (Å²) in [5.74, 6) is 0.494. The number of aromatic nitrogens is 2. The molecule has 2 aliphatic rings. The highest BCUT2D eigenvalue weighted by molar-refractivity contribution is 5.96. The first-order valence-corrected chi connectivity index (χ1v) is 11.9. The lowest BCUT2D eigenvalue weighted by molar-refractivity contribution is 0.0951. The zero-order valence-corrected chi connectivity index (χ0v) is 19.4. The number of benzene rings is 2. The van der Waals surface area contributed by atoms with Crippen LogP contribution in [0.5, 0.6) is 0 Å². The molecule has 0 radical (unpaired) electrons. The van der Waals surface area contributed by atoms with E-state index in [1.54, 1.807) is 6.07 Å². The van der Waals surface area contributed by atoms with Gasteiger partial charge >= 0.3 is 0 Å². The molecule has 3 aromatic rings. The van der Waals surface area contributed by atoms with E-state index in [0.29, 0.717) is 29.3 Å². The molecule has 2 aromatic carbocycles. The van der Waals surface area contributed by atoms with Crippen LogP contribution in [0.15, 0.2) is 52.9 Å². The Kier molecular flexibility index (Phi) is 5.70. The van der Waals surface area contributed by atoms with Crippen molar-refractivity contribution in [2.24, 2.45) is 5.73 Å². The summed E-state index contributed by atoms with van der Waals surface area (Å²) in [4.78, 5) is 12.9. The zero-order valence-electron chi connectivity index (χ0n) is 19.4. The van der Waals surface area contributed by atoms with Gasteiger partial charge in [0.05, 0.1) is 17.0 Å². The van der Waals surface area contributed by atoms with E-state index >= 15 is 0 Å². The normalized spacial score (nSPS) is 18.7. The summed E-state index contributed by atoms with van der Waals surface area (Å²) >= 11 is 0. The van der Waals surface area contributed by atoms with Crippen molar-refractivity contribution in [3.05, 3.63) is 71.1 Å². The van der Waals surface area contributed by atoms with Gasteiger partial charge in [0.1, 0.15) is 0 Å². The van der Waals surface area contributed by atoms with Crippen molar-refractivity contribution in [2.45, 2.75) is 68.9 Å². The maximum absolute atomic E-state index is 12.9. The molecule has 2 aliphatic carbocycles. The number of hydrogen-bond acceptors (Lipinski definition) is 6. The Bertz CT molecular complexity index is 1230. The van der Waals surface area contributed by atoms with Gasteiger partial charge in [-0.3, -0.25) is 4.79 Å². The van der Waals surface area contributed by atoms with Gasteiger partial charge < -0.3 is 15.5 Å². The number of rotatable bonds is 7. The number of nitrogens with two attached hydrogens (primary N) is 1. The van der Waals surface area contributed by atoms with Gasteiger partial charge in [0.2, 0.25) is 11.8 Å². The molecule has 5 rings (SSSR count). The van der Waals surface area contributed by atoms with E-state index in [1.807, 2.05) is 49.4 Å². The lowest BCUT2D eigenvalue weighted by Gasteiger charge is -2.22. The van der Waals surface area contributed by atoms with Crippen molar-refractivity contribution < 1.29 is 9.21 Å². The molecule has 1 amide bonds. The maximum atomic E-state index is 12.9. The summed E-state index contributed by atoms with van der Waals surface area (Å²) in [6.07, 6.45) is 6.11. The standard InChI is InChI=1S/C27H29N5O2/c1-26(29,16-18-7-3-2-4-8-18)25-32-31-24(34-25)20-13-19(23(33)30-22-9-10-22)14-21(15-20)27(17-28)11-5-6-12-27/h2-4,7-8,13-15,22H,5-6,9-12,16,29H2,1H3,(H,30,33)/t26-/m1/s1. The number of amides is 1. The minimum absolute atomic E-state index is 0.135. The van der Waals surface area contributed by atoms with Crippen LogP contribution in [0.1, 0.15) is 72.8 Å². The maximum Gasteiger partial charge on any atom is 0.251 e. The van der Waals surface area contributed by atoms with Crippen molar-refractivity contribution >= 4 is 5.91 Å². The smallest absolute Gasteiger partial charge is 0.251 e. The molecular formula is C27H29N5O2. The van der Waals surface area contributed by atoms with Gasteiger partial charge in [-0.05, 0) is 68.4 Å². The van der Waals surface area contributed by atoms with E-state index in [4.69, 9.17) is 10.2 Å². The molecule has 34 heavy (non-hydrogen) atoms. The molecule has 0 spiro atoms. The summed E-state index contributed by atoms with van der Waals surface area (Å²) in [6.45, 7) is 1.87. The molecule has 0 aliphatic heterocycles. The van der Waals surface area contributed by atoms with Gasteiger partial charge in [0.25, 0.3) is 5.91 Å². The largest absolute Gasteiger partial charge is 0.419 e. The lowest BCUT2D eigenvalue weighted by Crippen LogP contribution is -2.35. The highest BCUT2D eigenvalue weighted by atomic mass is 16.4. The molecule has 1 atom stereocenters. The second-order valence-corrected chi connectivity index (χ2v) is 9.94. The van der Waals surface area contributed by atoms with E-state index in [2.05, 4.69) is 21.6 Å². The fourth-order valence-corrected chi connectivity index (χ4v) is 4.76. The van der Waals surface area contributed by atoms with Crippen LogP contribution in [-0.2, 0) is 17.4 Å². The average molecular weight is 456 g/mol. The average Bonchev–Trinajstić information content (AvgIpc) is 3.30. The van der Waals surface area contributed by atoms with Crippen LogP contribution in [0.2, 0.25) is 0 Å². The summed E-state index contributed by atoms with van der Waals surface area (Å²) in [5, 5.41) is 21.6. The second-order valence-electron chi connectivity index (χ2n) is 9.94. The van der Waals surface area contributed by atoms with Crippen molar-refractivity contribution in [1.29, 1.82) is 5.26 Å². The number of nitrogens with zero attached hydrogens (tertiary/aromatic N) is 3. The minimum atomic E-state index is -0.851. The van der Waals surface area contributed by atoms with E-state index in [9.17, 15) is 10.1 Å². The lowest BCUT2D eigenvalue weighted by atomic mass is 9.79. The van der Waals surface area contributed by atoms with Crippen LogP contribution in [0.3, 0.4) is 0 Å². The Balaban J connectivity index is 1.50. The Morgan fingerprint density at radius 3 is 2.62 bits per heavy atom. The molecule has 3 N–H and O–H groups in total. The Morgan fingerprint density at radius 2 is 1.94 bits per heavy atom. The van der Waals surface area contributed by atoms with Gasteiger partial charge in [0, 0.05) is 17.2 Å². The first-order chi connectivity index (χ1) is 16.4. The number of carbonyl (C=O) groups excluding carboxylic acids is 1. The van der Waals surface area contributed by atoms with Gasteiger partial charge in [-0.1, -0.05) is 43.2 Å². The molecular weight excluding hydrogens is 426 g/mol. The third kappa shape index (κ3) is 4.46. The van der Waals surface area contributed by atoms with Crippen LogP contribution in [0, 0.1) is 11.3 Å². The van der Waals surface area contributed by atoms with E-state index < -0.39 is 11.0 Å². The molecule has 7 heteroatoms. The topological polar surface area (TPSA) is 118 Å². The fraction of sp³-hybridized carbons (Fsp3) is 0.407. The molecule has 1 aromatic heterocycles. The summed E-state index contributed by atoms with van der Waals surface area (Å²) in [5.41, 5.74) is 8.19. The molecule has 0 unspecified atom stereocenters.